The normalized spacial score (nSPS) is 16.5. The lowest BCUT2D eigenvalue weighted by molar-refractivity contribution is 0.904. The summed E-state index contributed by atoms with van der Waals surface area (Å²) in [6.45, 7) is 6.04. The largest absolute Gasteiger partial charge is 0.134 e. The minimum Gasteiger partial charge on any atom is -0.134 e. The molecule has 13 heavy (non-hydrogen) atoms. The Morgan fingerprint density at radius 3 is 3.00 bits per heavy atom. The van der Waals surface area contributed by atoms with Crippen LogP contribution in [0.2, 0.25) is 0 Å². The molecule has 0 aromatic rings. The van der Waals surface area contributed by atoms with Gasteiger partial charge in [-0.1, -0.05) is 17.7 Å². The van der Waals surface area contributed by atoms with Crippen molar-refractivity contribution in [1.82, 2.24) is 0 Å². The van der Waals surface area contributed by atoms with Crippen LogP contribution in [0.4, 0.5) is 0 Å². The predicted octanol–water partition coefficient (Wildman–Crippen LogP) is 4.31. The second-order valence-corrected chi connectivity index (χ2v) is 4.45. The molecule has 0 spiro atoms. The van der Waals surface area contributed by atoms with Crippen molar-refractivity contribution in [1.29, 1.82) is 0 Å². The van der Waals surface area contributed by atoms with Crippen molar-refractivity contribution < 1.29 is 0 Å². The third-order valence-electron chi connectivity index (χ3n) is 2.28. The molecule has 0 radical (unpaired) electrons. The van der Waals surface area contributed by atoms with Crippen LogP contribution < -0.4 is 0 Å². The van der Waals surface area contributed by atoms with Gasteiger partial charge >= 0.3 is 0 Å². The van der Waals surface area contributed by atoms with Crippen molar-refractivity contribution in [2.75, 3.05) is 6.26 Å². The zero-order valence-corrected chi connectivity index (χ0v) is 9.41. The fourth-order valence-electron chi connectivity index (χ4n) is 1.50. The Morgan fingerprint density at radius 1 is 1.62 bits per heavy atom. The minimum atomic E-state index is 1.13. The van der Waals surface area contributed by atoms with Crippen LogP contribution in [0.5, 0.6) is 0 Å². The summed E-state index contributed by atoms with van der Waals surface area (Å²) in [5.41, 5.74) is 2.81. The van der Waals surface area contributed by atoms with Crippen LogP contribution in [0.1, 0.15) is 32.6 Å². The Hall–Kier alpha value is -0.430. The molecule has 1 aliphatic carbocycles. The van der Waals surface area contributed by atoms with E-state index in [1.165, 1.54) is 30.4 Å². The van der Waals surface area contributed by atoms with E-state index in [9.17, 15) is 0 Å². The van der Waals surface area contributed by atoms with Crippen LogP contribution in [0.15, 0.2) is 34.8 Å². The van der Waals surface area contributed by atoms with E-state index in [0.717, 1.165) is 6.42 Å². The molecule has 0 bridgehead atoms. The average molecular weight is 194 g/mol. The molecular formula is C12H18S. The number of rotatable bonds is 4. The molecule has 1 rings (SSSR count). The maximum absolute atomic E-state index is 3.94. The van der Waals surface area contributed by atoms with Crippen LogP contribution >= 0.6 is 11.8 Å². The highest BCUT2D eigenvalue weighted by molar-refractivity contribution is 8.02. The van der Waals surface area contributed by atoms with Crippen LogP contribution in [-0.2, 0) is 0 Å². The molecule has 0 nitrogen and oxygen atoms in total. The number of hydrogen-bond acceptors (Lipinski definition) is 1. The van der Waals surface area contributed by atoms with Crippen molar-refractivity contribution in [2.24, 2.45) is 0 Å². The van der Waals surface area contributed by atoms with Gasteiger partial charge in [0.15, 0.2) is 0 Å². The Labute approximate surface area is 85.8 Å². The van der Waals surface area contributed by atoms with Gasteiger partial charge in [0, 0.05) is 0 Å². The molecule has 0 atom stereocenters. The maximum atomic E-state index is 3.94. The number of allylic oxidation sites excluding steroid dienone is 5. The summed E-state index contributed by atoms with van der Waals surface area (Å²) < 4.78 is 0. The van der Waals surface area contributed by atoms with Crippen molar-refractivity contribution in [3.05, 3.63) is 34.8 Å². The maximum Gasteiger partial charge on any atom is -0.0120 e. The first-order valence-corrected chi connectivity index (χ1v) is 6.03. The zero-order chi connectivity index (χ0) is 9.68. The zero-order valence-electron chi connectivity index (χ0n) is 8.60. The van der Waals surface area contributed by atoms with E-state index in [1.807, 2.05) is 11.8 Å². The molecule has 0 aliphatic heterocycles. The van der Waals surface area contributed by atoms with Gasteiger partial charge in [0.2, 0.25) is 0 Å². The first-order chi connectivity index (χ1) is 6.24. The van der Waals surface area contributed by atoms with E-state index >= 15 is 0 Å². The van der Waals surface area contributed by atoms with E-state index in [0.29, 0.717) is 0 Å². The van der Waals surface area contributed by atoms with Gasteiger partial charge in [0.1, 0.15) is 0 Å². The second kappa shape index (κ2) is 5.33. The number of thioether (sulfide) groups is 1. The number of hydrogen-bond donors (Lipinski definition) is 0. The van der Waals surface area contributed by atoms with Crippen LogP contribution in [-0.4, -0.2) is 6.26 Å². The van der Waals surface area contributed by atoms with Gasteiger partial charge in [0.05, 0.1) is 0 Å². The fraction of sp³-hybridized carbons (Fsp3) is 0.500. The van der Waals surface area contributed by atoms with Gasteiger partial charge in [-0.25, -0.2) is 0 Å². The van der Waals surface area contributed by atoms with Gasteiger partial charge in [-0.3, -0.25) is 0 Å². The topological polar surface area (TPSA) is 0 Å². The highest BCUT2D eigenvalue weighted by Crippen LogP contribution is 2.30. The van der Waals surface area contributed by atoms with Crippen molar-refractivity contribution in [3.8, 4) is 0 Å². The third-order valence-corrected chi connectivity index (χ3v) is 3.24. The summed E-state index contributed by atoms with van der Waals surface area (Å²) in [6, 6.07) is 0. The first kappa shape index (κ1) is 10.6. The van der Waals surface area contributed by atoms with Crippen LogP contribution in [0, 0.1) is 0 Å². The Balaban J connectivity index is 2.58. The predicted molar refractivity (Wildman–Crippen MR) is 63.0 cm³/mol. The van der Waals surface area contributed by atoms with Gasteiger partial charge in [-0.05, 0) is 49.3 Å². The van der Waals surface area contributed by atoms with Crippen LogP contribution in [0.25, 0.3) is 0 Å². The SMILES string of the molecule is C=C(C)CCC1=C(SC)CCC=C1. The van der Waals surface area contributed by atoms with Crippen molar-refractivity contribution in [3.63, 3.8) is 0 Å². The minimum absolute atomic E-state index is 1.13. The summed E-state index contributed by atoms with van der Waals surface area (Å²) in [6.07, 6.45) is 11.5. The molecule has 0 saturated carbocycles. The van der Waals surface area contributed by atoms with Gasteiger partial charge < -0.3 is 0 Å². The molecule has 0 amide bonds. The summed E-state index contributed by atoms with van der Waals surface area (Å²) in [5.74, 6) is 0. The third kappa shape index (κ3) is 3.43. The molecule has 0 saturated heterocycles. The van der Waals surface area contributed by atoms with E-state index in [4.69, 9.17) is 0 Å². The lowest BCUT2D eigenvalue weighted by atomic mass is 10.0. The highest BCUT2D eigenvalue weighted by atomic mass is 32.2. The van der Waals surface area contributed by atoms with E-state index in [-0.39, 0.29) is 0 Å². The molecule has 0 aromatic heterocycles. The summed E-state index contributed by atoms with van der Waals surface area (Å²) in [5, 5.41) is 0. The Kier molecular flexibility index (Phi) is 4.37. The molecule has 0 aromatic carbocycles. The molecular weight excluding hydrogens is 176 g/mol. The molecule has 1 heteroatoms. The van der Waals surface area contributed by atoms with E-state index in [2.05, 4.69) is 31.9 Å². The van der Waals surface area contributed by atoms with Crippen molar-refractivity contribution in [2.45, 2.75) is 32.6 Å². The molecule has 72 valence electrons. The van der Waals surface area contributed by atoms with Gasteiger partial charge in [-0.15, -0.1) is 18.3 Å². The van der Waals surface area contributed by atoms with E-state index < -0.39 is 0 Å². The average Bonchev–Trinajstić information content (AvgIpc) is 2.15. The lowest BCUT2D eigenvalue weighted by Crippen LogP contribution is -1.92. The standard InChI is InChI=1S/C12H18S/c1-10(2)8-9-11-6-4-5-7-12(11)13-3/h4,6H,1,5,7-9H2,2-3H3. The lowest BCUT2D eigenvalue weighted by Gasteiger charge is -2.13. The quantitative estimate of drug-likeness (QED) is 0.601. The van der Waals surface area contributed by atoms with Gasteiger partial charge in [0.25, 0.3) is 0 Å². The van der Waals surface area contributed by atoms with Crippen molar-refractivity contribution >= 4 is 11.8 Å². The Bertz CT molecular complexity index is 246. The summed E-state index contributed by atoms with van der Waals surface area (Å²) in [7, 11) is 0. The fourth-order valence-corrected chi connectivity index (χ4v) is 2.25. The first-order valence-electron chi connectivity index (χ1n) is 4.81. The van der Waals surface area contributed by atoms with E-state index in [1.54, 1.807) is 4.91 Å². The summed E-state index contributed by atoms with van der Waals surface area (Å²) in [4.78, 5) is 1.57. The smallest absolute Gasteiger partial charge is 0.0120 e. The summed E-state index contributed by atoms with van der Waals surface area (Å²) >= 11 is 1.90. The Morgan fingerprint density at radius 2 is 2.38 bits per heavy atom. The molecule has 0 fully saturated rings. The highest BCUT2D eigenvalue weighted by Gasteiger charge is 2.06. The second-order valence-electron chi connectivity index (χ2n) is 3.55. The molecule has 1 aliphatic rings. The molecule has 0 heterocycles. The monoisotopic (exact) mass is 194 g/mol. The molecule has 0 unspecified atom stereocenters. The molecule has 0 N–H and O–H groups in total. The van der Waals surface area contributed by atoms with Crippen LogP contribution in [0.3, 0.4) is 0 Å². The van der Waals surface area contributed by atoms with Gasteiger partial charge in [-0.2, -0.15) is 0 Å².